The number of nitrogens with one attached hydrogen (secondary N) is 2. The zero-order chi connectivity index (χ0) is 15.8. The Bertz CT molecular complexity index is 437. The number of rotatable bonds is 9. The molecule has 0 aromatic carbocycles. The molecule has 5 heteroatoms. The van der Waals surface area contributed by atoms with E-state index >= 15 is 0 Å². The summed E-state index contributed by atoms with van der Waals surface area (Å²) in [5.41, 5.74) is 7.57. The van der Waals surface area contributed by atoms with E-state index in [2.05, 4.69) is 29.4 Å². The van der Waals surface area contributed by atoms with Crippen LogP contribution in [0.2, 0.25) is 0 Å². The first-order chi connectivity index (χ1) is 9.93. The van der Waals surface area contributed by atoms with E-state index in [1.54, 1.807) is 0 Å². The summed E-state index contributed by atoms with van der Waals surface area (Å²) in [7, 11) is 0. The van der Waals surface area contributed by atoms with Gasteiger partial charge in [-0.25, -0.2) is 0 Å². The maximum absolute atomic E-state index is 12.0. The predicted molar refractivity (Wildman–Crippen MR) is 87.3 cm³/mol. The lowest BCUT2D eigenvalue weighted by atomic mass is 10.0. The average Bonchev–Trinajstić information content (AvgIpc) is 2.79. The number of unbranched alkanes of at least 4 members (excludes halogenated alkanes) is 3. The Balaban J connectivity index is 2.25. The van der Waals surface area contributed by atoms with Gasteiger partial charge in [0, 0.05) is 6.54 Å². The number of amides is 1. The highest BCUT2D eigenvalue weighted by atomic mass is 16.1. The predicted octanol–water partition coefficient (Wildman–Crippen LogP) is 3.45. The standard InChI is InChI=1S/C16H30N4O/c1-11(2)9-7-5-6-8-10-18-16(21)15-13(17)14(12(3)4)19-20-15/h11-12H,5-10,17H2,1-4H3,(H,18,21)(H,19,20). The molecule has 5 nitrogen and oxygen atoms in total. The van der Waals surface area contributed by atoms with E-state index in [0.717, 1.165) is 24.5 Å². The maximum Gasteiger partial charge on any atom is 0.273 e. The van der Waals surface area contributed by atoms with Crippen LogP contribution in [0, 0.1) is 5.92 Å². The largest absolute Gasteiger partial charge is 0.395 e. The van der Waals surface area contributed by atoms with E-state index in [-0.39, 0.29) is 11.8 Å². The third-order valence-corrected chi connectivity index (χ3v) is 3.62. The number of carbonyl (C=O) groups is 1. The van der Waals surface area contributed by atoms with Crippen LogP contribution >= 0.6 is 0 Å². The fourth-order valence-electron chi connectivity index (χ4n) is 2.29. The maximum atomic E-state index is 12.0. The minimum atomic E-state index is -0.183. The second-order valence-electron chi connectivity index (χ2n) is 6.41. The minimum absolute atomic E-state index is 0.183. The van der Waals surface area contributed by atoms with Crippen molar-refractivity contribution in [2.45, 2.75) is 65.7 Å². The van der Waals surface area contributed by atoms with Gasteiger partial charge in [0.1, 0.15) is 0 Å². The van der Waals surface area contributed by atoms with Crippen LogP contribution in [-0.4, -0.2) is 22.6 Å². The van der Waals surface area contributed by atoms with Crippen molar-refractivity contribution in [1.29, 1.82) is 0 Å². The monoisotopic (exact) mass is 294 g/mol. The molecule has 0 aliphatic carbocycles. The topological polar surface area (TPSA) is 83.8 Å². The zero-order valence-corrected chi connectivity index (χ0v) is 13.8. The normalized spacial score (nSPS) is 11.3. The van der Waals surface area contributed by atoms with E-state index in [9.17, 15) is 4.79 Å². The van der Waals surface area contributed by atoms with Gasteiger partial charge in [-0.15, -0.1) is 0 Å². The van der Waals surface area contributed by atoms with Gasteiger partial charge in [-0.1, -0.05) is 53.4 Å². The number of aromatic nitrogens is 2. The molecule has 0 saturated heterocycles. The molecule has 0 aliphatic heterocycles. The van der Waals surface area contributed by atoms with Crippen molar-refractivity contribution in [3.63, 3.8) is 0 Å². The van der Waals surface area contributed by atoms with Gasteiger partial charge in [-0.2, -0.15) is 5.10 Å². The third kappa shape index (κ3) is 5.78. The summed E-state index contributed by atoms with van der Waals surface area (Å²) >= 11 is 0. The van der Waals surface area contributed by atoms with Gasteiger partial charge >= 0.3 is 0 Å². The first-order valence-corrected chi connectivity index (χ1v) is 8.05. The molecule has 0 saturated carbocycles. The van der Waals surface area contributed by atoms with Gasteiger partial charge in [-0.3, -0.25) is 9.89 Å². The lowest BCUT2D eigenvalue weighted by Crippen LogP contribution is -2.25. The summed E-state index contributed by atoms with van der Waals surface area (Å²) in [6, 6.07) is 0. The Labute approximate surface area is 128 Å². The van der Waals surface area contributed by atoms with Crippen molar-refractivity contribution in [2.24, 2.45) is 5.92 Å². The highest BCUT2D eigenvalue weighted by Gasteiger charge is 2.18. The van der Waals surface area contributed by atoms with Crippen molar-refractivity contribution in [1.82, 2.24) is 15.5 Å². The Hall–Kier alpha value is -1.52. The lowest BCUT2D eigenvalue weighted by molar-refractivity contribution is 0.0949. The molecule has 0 unspecified atom stereocenters. The molecule has 21 heavy (non-hydrogen) atoms. The van der Waals surface area contributed by atoms with Crippen LogP contribution in [0.1, 0.15) is 81.9 Å². The molecule has 0 aliphatic rings. The molecule has 1 aromatic heterocycles. The molecular formula is C16H30N4O. The molecule has 1 amide bonds. The summed E-state index contributed by atoms with van der Waals surface area (Å²) in [5, 5.41) is 9.76. The molecule has 1 heterocycles. The van der Waals surface area contributed by atoms with Crippen LogP contribution in [0.25, 0.3) is 0 Å². The van der Waals surface area contributed by atoms with Crippen LogP contribution in [0.15, 0.2) is 0 Å². The molecule has 1 aromatic rings. The molecule has 0 radical (unpaired) electrons. The number of nitrogens with zero attached hydrogens (tertiary/aromatic N) is 1. The van der Waals surface area contributed by atoms with Crippen LogP contribution in [-0.2, 0) is 0 Å². The summed E-state index contributed by atoms with van der Waals surface area (Å²) in [6.07, 6.45) is 5.95. The second kappa shape index (κ2) is 8.70. The number of H-pyrrole nitrogens is 1. The van der Waals surface area contributed by atoms with Crippen LogP contribution in [0.4, 0.5) is 5.69 Å². The average molecular weight is 294 g/mol. The lowest BCUT2D eigenvalue weighted by Gasteiger charge is -2.06. The van der Waals surface area contributed by atoms with E-state index < -0.39 is 0 Å². The molecule has 120 valence electrons. The Morgan fingerprint density at radius 3 is 2.43 bits per heavy atom. The van der Waals surface area contributed by atoms with Gasteiger partial charge in [0.25, 0.3) is 5.91 Å². The SMILES string of the molecule is CC(C)CCCCCCNC(=O)c1n[nH]c(C(C)C)c1N. The van der Waals surface area contributed by atoms with Crippen LogP contribution < -0.4 is 11.1 Å². The number of nitrogen functional groups attached to an aromatic ring is 1. The third-order valence-electron chi connectivity index (χ3n) is 3.62. The van der Waals surface area contributed by atoms with Gasteiger partial charge in [0.15, 0.2) is 5.69 Å². The Morgan fingerprint density at radius 2 is 1.86 bits per heavy atom. The quantitative estimate of drug-likeness (QED) is 0.610. The molecule has 1 rings (SSSR count). The van der Waals surface area contributed by atoms with Gasteiger partial charge in [0.2, 0.25) is 0 Å². The van der Waals surface area contributed by atoms with Gasteiger partial charge in [-0.05, 0) is 18.3 Å². The van der Waals surface area contributed by atoms with Gasteiger partial charge in [0.05, 0.1) is 11.4 Å². The Morgan fingerprint density at radius 1 is 1.19 bits per heavy atom. The fourth-order valence-corrected chi connectivity index (χ4v) is 2.29. The molecule has 0 spiro atoms. The summed E-state index contributed by atoms with van der Waals surface area (Å²) in [4.78, 5) is 12.0. The van der Waals surface area contributed by atoms with E-state index in [1.165, 1.54) is 19.3 Å². The zero-order valence-electron chi connectivity index (χ0n) is 13.8. The molecule has 0 atom stereocenters. The molecule has 4 N–H and O–H groups in total. The number of carbonyl (C=O) groups excluding carboxylic acids is 1. The number of hydrogen-bond acceptors (Lipinski definition) is 3. The number of hydrogen-bond donors (Lipinski definition) is 3. The van der Waals surface area contributed by atoms with Crippen molar-refractivity contribution in [3.05, 3.63) is 11.4 Å². The van der Waals surface area contributed by atoms with Crippen LogP contribution in [0.5, 0.6) is 0 Å². The molecule has 0 fully saturated rings. The highest BCUT2D eigenvalue weighted by molar-refractivity contribution is 5.97. The van der Waals surface area contributed by atoms with Crippen molar-refractivity contribution in [3.8, 4) is 0 Å². The van der Waals surface area contributed by atoms with E-state index in [4.69, 9.17) is 5.73 Å². The summed E-state index contributed by atoms with van der Waals surface area (Å²) < 4.78 is 0. The summed E-state index contributed by atoms with van der Waals surface area (Å²) in [6.45, 7) is 9.22. The number of aromatic amines is 1. The minimum Gasteiger partial charge on any atom is -0.395 e. The first kappa shape index (κ1) is 17.5. The first-order valence-electron chi connectivity index (χ1n) is 8.05. The number of nitrogens with two attached hydrogens (primary N) is 1. The second-order valence-corrected chi connectivity index (χ2v) is 6.41. The van der Waals surface area contributed by atoms with E-state index in [0.29, 0.717) is 17.9 Å². The molecule has 0 bridgehead atoms. The van der Waals surface area contributed by atoms with Gasteiger partial charge < -0.3 is 11.1 Å². The number of anilines is 1. The Kier molecular flexibility index (Phi) is 7.26. The van der Waals surface area contributed by atoms with Crippen molar-refractivity contribution < 1.29 is 4.79 Å². The summed E-state index contributed by atoms with van der Waals surface area (Å²) in [5.74, 6) is 0.834. The van der Waals surface area contributed by atoms with Crippen LogP contribution in [0.3, 0.4) is 0 Å². The smallest absolute Gasteiger partial charge is 0.273 e. The highest BCUT2D eigenvalue weighted by Crippen LogP contribution is 2.21. The molecular weight excluding hydrogens is 264 g/mol. The van der Waals surface area contributed by atoms with Crippen molar-refractivity contribution >= 4 is 11.6 Å². The fraction of sp³-hybridized carbons (Fsp3) is 0.750. The van der Waals surface area contributed by atoms with Crippen molar-refractivity contribution in [2.75, 3.05) is 12.3 Å². The van der Waals surface area contributed by atoms with E-state index in [1.807, 2.05) is 13.8 Å².